The zero-order chi connectivity index (χ0) is 19.7. The number of piperidine rings is 1. The third-order valence-corrected chi connectivity index (χ3v) is 6.24. The number of carboxylic acids is 1. The van der Waals surface area contributed by atoms with Crippen molar-refractivity contribution in [1.29, 1.82) is 0 Å². The molecular weight excluding hydrogens is 360 g/mol. The van der Waals surface area contributed by atoms with Crippen LogP contribution in [-0.4, -0.2) is 60.1 Å². The summed E-state index contributed by atoms with van der Waals surface area (Å²) in [5.41, 5.74) is 1.46. The Labute approximate surface area is 164 Å². The molecule has 7 nitrogen and oxygen atoms in total. The lowest BCUT2D eigenvalue weighted by molar-refractivity contribution is -0.145. The number of aliphatic carboxylic acids is 1. The third-order valence-electron chi connectivity index (χ3n) is 6.24. The smallest absolute Gasteiger partial charge is 0.309 e. The molecule has 1 unspecified atom stereocenters. The SMILES string of the molecule is O=C(O)C1CCO[C@H]1C1CCN(C(=O)c2ccc(N3CCCC3=O)cc2)CC1. The molecule has 0 saturated carbocycles. The van der Waals surface area contributed by atoms with E-state index in [2.05, 4.69) is 0 Å². The van der Waals surface area contributed by atoms with Crippen molar-refractivity contribution in [2.75, 3.05) is 31.1 Å². The first-order chi connectivity index (χ1) is 13.5. The minimum absolute atomic E-state index is 0.0140. The maximum absolute atomic E-state index is 12.8. The molecule has 0 aromatic heterocycles. The zero-order valence-corrected chi connectivity index (χ0v) is 15.9. The average Bonchev–Trinajstić information content (AvgIpc) is 3.37. The molecule has 3 saturated heterocycles. The Morgan fingerprint density at radius 1 is 1.04 bits per heavy atom. The van der Waals surface area contributed by atoms with Gasteiger partial charge in [-0.15, -0.1) is 0 Å². The number of likely N-dealkylation sites (tertiary alicyclic amines) is 1. The molecule has 3 heterocycles. The Morgan fingerprint density at radius 3 is 2.36 bits per heavy atom. The van der Waals surface area contributed by atoms with E-state index in [0.717, 1.165) is 31.5 Å². The second-order valence-corrected chi connectivity index (χ2v) is 7.89. The molecule has 2 atom stereocenters. The molecule has 0 spiro atoms. The van der Waals surface area contributed by atoms with Gasteiger partial charge >= 0.3 is 5.97 Å². The van der Waals surface area contributed by atoms with Gasteiger partial charge in [-0.25, -0.2) is 0 Å². The Kier molecular flexibility index (Phi) is 5.35. The van der Waals surface area contributed by atoms with Crippen molar-refractivity contribution in [3.05, 3.63) is 29.8 Å². The zero-order valence-electron chi connectivity index (χ0n) is 15.9. The van der Waals surface area contributed by atoms with Gasteiger partial charge in [-0.2, -0.15) is 0 Å². The predicted molar refractivity (Wildman–Crippen MR) is 102 cm³/mol. The Morgan fingerprint density at radius 2 is 1.75 bits per heavy atom. The summed E-state index contributed by atoms with van der Waals surface area (Å²) in [6.07, 6.45) is 3.34. The fraction of sp³-hybridized carbons (Fsp3) is 0.571. The van der Waals surface area contributed by atoms with Gasteiger partial charge in [0.05, 0.1) is 12.0 Å². The molecular formula is C21H26N2O5. The monoisotopic (exact) mass is 386 g/mol. The van der Waals surface area contributed by atoms with Crippen LogP contribution in [0.5, 0.6) is 0 Å². The molecule has 1 aromatic rings. The van der Waals surface area contributed by atoms with Crippen LogP contribution in [0.4, 0.5) is 5.69 Å². The third kappa shape index (κ3) is 3.63. The lowest BCUT2D eigenvalue weighted by atomic mass is 9.84. The molecule has 2 amide bonds. The van der Waals surface area contributed by atoms with E-state index in [-0.39, 0.29) is 23.8 Å². The van der Waals surface area contributed by atoms with Crippen molar-refractivity contribution in [2.45, 2.75) is 38.2 Å². The molecule has 7 heteroatoms. The molecule has 4 rings (SSSR count). The van der Waals surface area contributed by atoms with Gasteiger partial charge in [-0.3, -0.25) is 14.4 Å². The first kappa shape index (κ1) is 18.9. The quantitative estimate of drug-likeness (QED) is 0.857. The maximum Gasteiger partial charge on any atom is 0.309 e. The lowest BCUT2D eigenvalue weighted by Crippen LogP contribution is -2.43. The van der Waals surface area contributed by atoms with Crippen molar-refractivity contribution in [1.82, 2.24) is 4.90 Å². The summed E-state index contributed by atoms with van der Waals surface area (Å²) in [5.74, 6) is -0.892. The molecule has 150 valence electrons. The predicted octanol–water partition coefficient (Wildman–Crippen LogP) is 2.16. The van der Waals surface area contributed by atoms with E-state index in [4.69, 9.17) is 4.74 Å². The van der Waals surface area contributed by atoms with Gasteiger partial charge in [-0.1, -0.05) is 0 Å². The Balaban J connectivity index is 1.35. The van der Waals surface area contributed by atoms with E-state index in [0.29, 0.717) is 38.1 Å². The van der Waals surface area contributed by atoms with Gasteiger partial charge < -0.3 is 19.6 Å². The van der Waals surface area contributed by atoms with E-state index in [1.165, 1.54) is 0 Å². The number of hydrogen-bond donors (Lipinski definition) is 1. The van der Waals surface area contributed by atoms with Crippen molar-refractivity contribution < 1.29 is 24.2 Å². The average molecular weight is 386 g/mol. The molecule has 28 heavy (non-hydrogen) atoms. The van der Waals surface area contributed by atoms with Crippen molar-refractivity contribution in [3.63, 3.8) is 0 Å². The first-order valence-electron chi connectivity index (χ1n) is 10.1. The van der Waals surface area contributed by atoms with Crippen LogP contribution in [0.2, 0.25) is 0 Å². The second kappa shape index (κ2) is 7.91. The van der Waals surface area contributed by atoms with Crippen LogP contribution in [0.1, 0.15) is 42.5 Å². The molecule has 1 N–H and O–H groups in total. The van der Waals surface area contributed by atoms with E-state index in [9.17, 15) is 19.5 Å². The standard InChI is InChI=1S/C21H26N2O5/c24-18-2-1-10-23(18)16-5-3-15(4-6-16)20(25)22-11-7-14(8-12-22)19-17(21(26)27)9-13-28-19/h3-6,14,17,19H,1-2,7-13H2,(H,26,27)/t17?,19-/m0/s1. The highest BCUT2D eigenvalue weighted by Gasteiger charge is 2.40. The van der Waals surface area contributed by atoms with Crippen molar-refractivity contribution >= 4 is 23.5 Å². The van der Waals surface area contributed by atoms with Crippen LogP contribution in [0, 0.1) is 11.8 Å². The molecule has 3 aliphatic rings. The van der Waals surface area contributed by atoms with Gasteiger partial charge in [0.15, 0.2) is 0 Å². The number of benzene rings is 1. The van der Waals surface area contributed by atoms with Crippen molar-refractivity contribution in [2.24, 2.45) is 11.8 Å². The van der Waals surface area contributed by atoms with Crippen LogP contribution in [0.15, 0.2) is 24.3 Å². The number of nitrogens with zero attached hydrogens (tertiary/aromatic N) is 2. The highest BCUT2D eigenvalue weighted by atomic mass is 16.5. The van der Waals surface area contributed by atoms with Gasteiger partial charge in [-0.05, 0) is 55.9 Å². The second-order valence-electron chi connectivity index (χ2n) is 7.89. The van der Waals surface area contributed by atoms with Crippen LogP contribution >= 0.6 is 0 Å². The van der Waals surface area contributed by atoms with Gasteiger partial charge in [0.2, 0.25) is 5.91 Å². The minimum atomic E-state index is -0.780. The number of anilines is 1. The minimum Gasteiger partial charge on any atom is -0.481 e. The number of ether oxygens (including phenoxy) is 1. The first-order valence-corrected chi connectivity index (χ1v) is 10.1. The lowest BCUT2D eigenvalue weighted by Gasteiger charge is -2.35. The van der Waals surface area contributed by atoms with E-state index in [1.54, 1.807) is 17.0 Å². The summed E-state index contributed by atoms with van der Waals surface area (Å²) in [7, 11) is 0. The molecule has 0 radical (unpaired) electrons. The molecule has 0 bridgehead atoms. The van der Waals surface area contributed by atoms with Crippen molar-refractivity contribution in [3.8, 4) is 0 Å². The normalized spacial score (nSPS) is 26.1. The number of rotatable bonds is 4. The van der Waals surface area contributed by atoms with Gasteiger partial charge in [0.1, 0.15) is 0 Å². The summed E-state index contributed by atoms with van der Waals surface area (Å²) in [6.45, 7) is 2.47. The van der Waals surface area contributed by atoms with Crippen LogP contribution in [-0.2, 0) is 14.3 Å². The van der Waals surface area contributed by atoms with E-state index >= 15 is 0 Å². The van der Waals surface area contributed by atoms with Gasteiger partial charge in [0.25, 0.3) is 5.91 Å². The fourth-order valence-corrected chi connectivity index (χ4v) is 4.66. The highest BCUT2D eigenvalue weighted by molar-refractivity contribution is 5.97. The Hall–Kier alpha value is -2.41. The van der Waals surface area contributed by atoms with Crippen LogP contribution in [0.25, 0.3) is 0 Å². The summed E-state index contributed by atoms with van der Waals surface area (Å²) in [4.78, 5) is 39.6. The number of carbonyl (C=O) groups is 3. The molecule has 1 aromatic carbocycles. The highest BCUT2D eigenvalue weighted by Crippen LogP contribution is 2.33. The topological polar surface area (TPSA) is 87.2 Å². The number of carbonyl (C=O) groups excluding carboxylic acids is 2. The maximum atomic E-state index is 12.8. The number of amides is 2. The summed E-state index contributed by atoms with van der Waals surface area (Å²) in [5, 5.41) is 9.35. The van der Waals surface area contributed by atoms with Gasteiger partial charge in [0, 0.05) is 43.9 Å². The number of carboxylic acid groups (broad SMARTS) is 1. The Bertz CT molecular complexity index is 755. The molecule has 3 fully saturated rings. The summed E-state index contributed by atoms with van der Waals surface area (Å²) >= 11 is 0. The van der Waals surface area contributed by atoms with E-state index < -0.39 is 11.9 Å². The molecule has 3 aliphatic heterocycles. The largest absolute Gasteiger partial charge is 0.481 e. The molecule has 0 aliphatic carbocycles. The summed E-state index contributed by atoms with van der Waals surface area (Å²) in [6, 6.07) is 7.26. The summed E-state index contributed by atoms with van der Waals surface area (Å²) < 4.78 is 5.70. The number of hydrogen-bond acceptors (Lipinski definition) is 4. The van der Waals surface area contributed by atoms with E-state index in [1.807, 2.05) is 17.0 Å². The van der Waals surface area contributed by atoms with Crippen LogP contribution < -0.4 is 4.90 Å². The van der Waals surface area contributed by atoms with Crippen LogP contribution in [0.3, 0.4) is 0 Å². The fourth-order valence-electron chi connectivity index (χ4n) is 4.66.